The second-order valence-corrected chi connectivity index (χ2v) is 20.1. The molecule has 2 aromatic carbocycles. The van der Waals surface area contributed by atoms with Gasteiger partial charge in [-0.15, -0.1) is 21.5 Å². The van der Waals surface area contributed by atoms with Gasteiger partial charge in [-0.3, -0.25) is 14.4 Å². The Morgan fingerprint density at radius 1 is 0.924 bits per heavy atom. The number of benzene rings is 2. The van der Waals surface area contributed by atoms with Crippen molar-refractivity contribution in [2.75, 3.05) is 35.2 Å². The van der Waals surface area contributed by atoms with Crippen molar-refractivity contribution in [1.82, 2.24) is 40.7 Å². The average molecular weight is 916 g/mol. The van der Waals surface area contributed by atoms with Crippen molar-refractivity contribution in [3.8, 4) is 27.4 Å². The van der Waals surface area contributed by atoms with Gasteiger partial charge >= 0.3 is 0 Å². The molecule has 3 aliphatic rings. The Bertz CT molecular complexity index is 2530. The minimum absolute atomic E-state index is 0.0122. The van der Waals surface area contributed by atoms with Crippen molar-refractivity contribution >= 4 is 46.4 Å². The fraction of sp³-hybridized carbons (Fsp3) is 0.469. The number of piperazine rings is 1. The molecule has 0 bridgehead atoms. The van der Waals surface area contributed by atoms with Crippen molar-refractivity contribution in [3.63, 3.8) is 0 Å². The molecule has 2 unspecified atom stereocenters. The topological polar surface area (TPSA) is 216 Å². The summed E-state index contributed by atoms with van der Waals surface area (Å²) < 4.78 is 0. The summed E-state index contributed by atoms with van der Waals surface area (Å²) in [7, 11) is 0. The molecule has 2 saturated heterocycles. The Labute approximate surface area is 390 Å². The van der Waals surface area contributed by atoms with E-state index in [0.717, 1.165) is 51.9 Å². The molecule has 2 aliphatic heterocycles. The number of likely N-dealkylation sites (tertiary alicyclic amines) is 1. The lowest BCUT2D eigenvalue weighted by Gasteiger charge is -2.46. The first-order chi connectivity index (χ1) is 31.5. The fourth-order valence-corrected chi connectivity index (χ4v) is 10.6. The number of aryl methyl sites for hydroxylation is 1. The van der Waals surface area contributed by atoms with Crippen LogP contribution >= 0.6 is 11.3 Å². The van der Waals surface area contributed by atoms with Crippen LogP contribution in [-0.2, 0) is 20.9 Å². The van der Waals surface area contributed by atoms with E-state index in [-0.39, 0.29) is 66.9 Å². The van der Waals surface area contributed by atoms with Crippen LogP contribution < -0.4 is 26.2 Å². The Morgan fingerprint density at radius 2 is 1.64 bits per heavy atom. The summed E-state index contributed by atoms with van der Waals surface area (Å²) in [6.45, 7) is 13.6. The quantitative estimate of drug-likeness (QED) is 0.105. The van der Waals surface area contributed by atoms with E-state index in [1.54, 1.807) is 29.5 Å². The molecular weight excluding hydrogens is 855 g/mol. The van der Waals surface area contributed by atoms with Crippen LogP contribution in [0.25, 0.3) is 21.7 Å². The van der Waals surface area contributed by atoms with E-state index >= 15 is 0 Å². The largest absolute Gasteiger partial charge is 0.507 e. The van der Waals surface area contributed by atoms with E-state index in [9.17, 15) is 24.6 Å². The first kappa shape index (κ1) is 46.3. The van der Waals surface area contributed by atoms with Crippen LogP contribution in [0.15, 0.2) is 72.4 Å². The van der Waals surface area contributed by atoms with E-state index in [1.165, 1.54) is 4.90 Å². The maximum atomic E-state index is 14.3. The molecule has 0 radical (unpaired) electrons. The number of para-hydroxylation sites is 1. The van der Waals surface area contributed by atoms with Gasteiger partial charge in [0, 0.05) is 68.3 Å². The third kappa shape index (κ3) is 9.96. The first-order valence-electron chi connectivity index (χ1n) is 22.9. The highest BCUT2D eigenvalue weighted by molar-refractivity contribution is 7.13. The monoisotopic (exact) mass is 915 g/mol. The summed E-state index contributed by atoms with van der Waals surface area (Å²) in [5, 5.41) is 35.7. The van der Waals surface area contributed by atoms with E-state index in [4.69, 9.17) is 15.7 Å². The number of aromatic nitrogens is 5. The third-order valence-electron chi connectivity index (χ3n) is 13.3. The minimum atomic E-state index is -0.902. The van der Waals surface area contributed by atoms with E-state index in [2.05, 4.69) is 49.5 Å². The van der Waals surface area contributed by atoms with Crippen molar-refractivity contribution < 1.29 is 24.6 Å². The SMILES string of the molecule is Cc1ncsc1-c1ccc(CNC(=O)[C@@H]2C[C@@H](O)CN2C(=O)[C@@H](NC(=O)C2CCC(c3nccc(N4C(C)CN(c5cc(-c6ccccc6O)nnc5N)CC4C)n3)CC2)C(C)(C)C)cc1. The summed E-state index contributed by atoms with van der Waals surface area (Å²) in [5.74, 6) is 0.918. The van der Waals surface area contributed by atoms with Gasteiger partial charge in [0.05, 0.1) is 33.6 Å². The van der Waals surface area contributed by atoms with Crippen LogP contribution in [0.1, 0.15) is 89.7 Å². The number of thiazole rings is 1. The minimum Gasteiger partial charge on any atom is -0.507 e. The fourth-order valence-electron chi connectivity index (χ4n) is 9.80. The highest BCUT2D eigenvalue weighted by atomic mass is 32.1. The molecular formula is C49H61N11O5S. The number of anilines is 3. The van der Waals surface area contributed by atoms with Crippen LogP contribution in [-0.4, -0.2) is 108 Å². The normalized spacial score (nSPS) is 22.8. The van der Waals surface area contributed by atoms with Gasteiger partial charge in [-0.05, 0) is 87.3 Å². The Hall–Kier alpha value is -6.20. The second-order valence-electron chi connectivity index (χ2n) is 19.2. The zero-order valence-electron chi connectivity index (χ0n) is 38.5. The number of phenolic OH excluding ortho intramolecular Hbond substituents is 1. The number of nitrogens with zero attached hydrogens (tertiary/aromatic N) is 8. The van der Waals surface area contributed by atoms with Crippen LogP contribution in [0, 0.1) is 18.3 Å². The molecule has 1 saturated carbocycles. The molecule has 5 atom stereocenters. The van der Waals surface area contributed by atoms with Gasteiger partial charge in [-0.1, -0.05) is 57.2 Å². The summed E-state index contributed by atoms with van der Waals surface area (Å²) in [6, 6.07) is 17.2. The summed E-state index contributed by atoms with van der Waals surface area (Å²) >= 11 is 1.58. The smallest absolute Gasteiger partial charge is 0.246 e. The first-order valence-corrected chi connectivity index (χ1v) is 23.8. The average Bonchev–Trinajstić information content (AvgIpc) is 3.92. The van der Waals surface area contributed by atoms with Crippen molar-refractivity contribution in [1.29, 1.82) is 0 Å². The predicted octanol–water partition coefficient (Wildman–Crippen LogP) is 5.84. The molecule has 6 N–H and O–H groups in total. The van der Waals surface area contributed by atoms with Crippen molar-refractivity contribution in [3.05, 3.63) is 89.5 Å². The van der Waals surface area contributed by atoms with E-state index in [1.807, 2.05) is 81.9 Å². The lowest BCUT2D eigenvalue weighted by atomic mass is 9.80. The number of nitrogens with two attached hydrogens (primary N) is 1. The Morgan fingerprint density at radius 3 is 2.30 bits per heavy atom. The molecule has 17 heteroatoms. The number of phenols is 1. The Kier molecular flexibility index (Phi) is 13.6. The molecule has 66 heavy (non-hydrogen) atoms. The number of β-amino-alcohol motifs (C(OH)–C–C–N with tert-alkyl or cyclic N) is 1. The van der Waals surface area contributed by atoms with Crippen LogP contribution in [0.5, 0.6) is 5.75 Å². The lowest BCUT2D eigenvalue weighted by Crippen LogP contribution is -2.58. The highest BCUT2D eigenvalue weighted by Crippen LogP contribution is 2.38. The predicted molar refractivity (Wildman–Crippen MR) is 256 cm³/mol. The van der Waals surface area contributed by atoms with Gasteiger partial charge in [0.25, 0.3) is 0 Å². The van der Waals surface area contributed by atoms with E-state index < -0.39 is 23.6 Å². The number of carbonyl (C=O) groups is 3. The molecule has 8 rings (SSSR count). The number of nitrogen functional groups attached to an aromatic ring is 1. The number of hydrogen-bond donors (Lipinski definition) is 5. The van der Waals surface area contributed by atoms with Crippen LogP contribution in [0.3, 0.4) is 0 Å². The van der Waals surface area contributed by atoms with Gasteiger partial charge in [-0.25, -0.2) is 15.0 Å². The van der Waals surface area contributed by atoms with Gasteiger partial charge in [0.15, 0.2) is 5.82 Å². The molecule has 3 aromatic heterocycles. The third-order valence-corrected chi connectivity index (χ3v) is 14.3. The Balaban J connectivity index is 0.865. The second kappa shape index (κ2) is 19.3. The number of nitrogens with one attached hydrogen (secondary N) is 2. The number of hydrogen-bond acceptors (Lipinski definition) is 14. The molecule has 348 valence electrons. The lowest BCUT2D eigenvalue weighted by molar-refractivity contribution is -0.144. The maximum Gasteiger partial charge on any atom is 0.246 e. The molecule has 5 heterocycles. The molecule has 0 spiro atoms. The molecule has 1 aliphatic carbocycles. The van der Waals surface area contributed by atoms with Crippen molar-refractivity contribution in [2.45, 2.75) is 116 Å². The van der Waals surface area contributed by atoms with Crippen molar-refractivity contribution in [2.24, 2.45) is 11.3 Å². The number of rotatable bonds is 11. The van der Waals surface area contributed by atoms with Crippen LogP contribution in [0.2, 0.25) is 0 Å². The van der Waals surface area contributed by atoms with E-state index in [0.29, 0.717) is 43.0 Å². The number of aliphatic hydroxyl groups excluding tert-OH is 1. The number of aromatic hydroxyl groups is 1. The standard InChI is InChI=1S/C49H61N11O5S/c1-28-24-58(38-22-37(56-57-44(38)50)36-9-7-8-10-40(36)62)25-29(2)60(28)41-19-20-51-45(54-41)33-15-17-34(18-16-33)46(63)55-43(49(4,5)6)48(65)59-26-35(61)21-39(59)47(64)52-23-31-11-13-32(14-12-31)42-30(3)53-27-66-42/h7-14,19-20,22,27-29,33-35,39,43,61-62H,15-18,21,23-26H2,1-6H3,(H2,50,57)(H,52,64)(H,55,63)/t28?,29?,33?,34?,35-,39+,43-/m1/s1. The zero-order chi connectivity index (χ0) is 46.9. The molecule has 16 nitrogen and oxygen atoms in total. The number of aliphatic hydroxyl groups is 1. The van der Waals surface area contributed by atoms with Gasteiger partial charge in [0.1, 0.15) is 29.5 Å². The van der Waals surface area contributed by atoms with Gasteiger partial charge in [-0.2, -0.15) is 0 Å². The maximum absolute atomic E-state index is 14.3. The number of amides is 3. The molecule has 3 amide bonds. The van der Waals surface area contributed by atoms with Gasteiger partial charge in [0.2, 0.25) is 17.7 Å². The van der Waals surface area contributed by atoms with Gasteiger partial charge < -0.3 is 41.3 Å². The summed E-state index contributed by atoms with van der Waals surface area (Å²) in [5.41, 5.74) is 12.4. The number of carbonyl (C=O) groups excluding carboxylic acids is 3. The highest BCUT2D eigenvalue weighted by Gasteiger charge is 2.45. The molecule has 5 aromatic rings. The zero-order valence-corrected chi connectivity index (χ0v) is 39.3. The molecule has 3 fully saturated rings. The summed E-state index contributed by atoms with van der Waals surface area (Å²) in [6.07, 6.45) is 3.74. The summed E-state index contributed by atoms with van der Waals surface area (Å²) in [4.78, 5) is 63.1. The van der Waals surface area contributed by atoms with Crippen LogP contribution in [0.4, 0.5) is 17.3 Å².